The van der Waals surface area contributed by atoms with Crippen LogP contribution in [0.1, 0.15) is 90.5 Å². The number of amides is 4. The third-order valence-corrected chi connectivity index (χ3v) is 7.30. The number of para-hydroxylation sites is 1. The number of aryl methyl sites for hydroxylation is 2. The number of hydrogen-bond donors (Lipinski definition) is 3. The van der Waals surface area contributed by atoms with Crippen LogP contribution < -0.4 is 16.4 Å². The summed E-state index contributed by atoms with van der Waals surface area (Å²) in [5, 5.41) is 5.83. The van der Waals surface area contributed by atoms with Crippen molar-refractivity contribution in [2.45, 2.75) is 105 Å². The highest BCUT2D eigenvalue weighted by molar-refractivity contribution is 6.34. The van der Waals surface area contributed by atoms with Crippen LogP contribution in [-0.4, -0.2) is 46.4 Å². The molecule has 0 fully saturated rings. The largest absolute Gasteiger partial charge is 0.444 e. The zero-order valence-electron chi connectivity index (χ0n) is 26.6. The van der Waals surface area contributed by atoms with Gasteiger partial charge in [0.1, 0.15) is 17.7 Å². The molecular formula is C33H47ClN4O5. The Hall–Kier alpha value is -3.59. The lowest BCUT2D eigenvalue weighted by Crippen LogP contribution is -2.55. The summed E-state index contributed by atoms with van der Waals surface area (Å²) in [7, 11) is 0. The van der Waals surface area contributed by atoms with Crippen LogP contribution in [0.2, 0.25) is 5.02 Å². The van der Waals surface area contributed by atoms with Gasteiger partial charge in [0.15, 0.2) is 0 Å². The highest BCUT2D eigenvalue weighted by atomic mass is 35.5. The molecule has 0 saturated carbocycles. The molecule has 2 aromatic rings. The quantitative estimate of drug-likeness (QED) is 0.243. The summed E-state index contributed by atoms with van der Waals surface area (Å²) < 4.78 is 5.38. The molecule has 4 N–H and O–H groups in total. The van der Waals surface area contributed by atoms with E-state index >= 15 is 0 Å². The van der Waals surface area contributed by atoms with Gasteiger partial charge in [-0.1, -0.05) is 68.8 Å². The minimum Gasteiger partial charge on any atom is -0.444 e. The smallest absolute Gasteiger partial charge is 0.408 e. The van der Waals surface area contributed by atoms with E-state index in [0.717, 1.165) is 24.0 Å². The number of carbonyl (C=O) groups excluding carboxylic acids is 4. The molecule has 0 saturated heterocycles. The number of nitrogens with two attached hydrogens (primary N) is 1. The van der Waals surface area contributed by atoms with E-state index in [1.54, 1.807) is 32.9 Å². The van der Waals surface area contributed by atoms with Crippen molar-refractivity contribution < 1.29 is 23.9 Å². The Morgan fingerprint density at radius 1 is 1.00 bits per heavy atom. The summed E-state index contributed by atoms with van der Waals surface area (Å²) in [6, 6.07) is 9.83. The second-order valence-corrected chi connectivity index (χ2v) is 12.8. The van der Waals surface area contributed by atoms with Gasteiger partial charge < -0.3 is 26.0 Å². The lowest BCUT2D eigenvalue weighted by Gasteiger charge is -2.38. The van der Waals surface area contributed by atoms with E-state index in [0.29, 0.717) is 28.6 Å². The Kier molecular flexibility index (Phi) is 13.0. The van der Waals surface area contributed by atoms with Gasteiger partial charge in [-0.05, 0) is 82.6 Å². The van der Waals surface area contributed by atoms with Crippen molar-refractivity contribution in [2.75, 3.05) is 5.32 Å². The number of nitrogens with one attached hydrogen (secondary N) is 2. The van der Waals surface area contributed by atoms with E-state index in [4.69, 9.17) is 22.1 Å². The first-order valence-electron chi connectivity index (χ1n) is 14.8. The first-order chi connectivity index (χ1) is 20.0. The molecule has 4 amide bonds. The molecule has 0 aliphatic carbocycles. The maximum absolute atomic E-state index is 14.4. The fourth-order valence-corrected chi connectivity index (χ4v) is 4.97. The monoisotopic (exact) mass is 614 g/mol. The van der Waals surface area contributed by atoms with Crippen LogP contribution in [0.15, 0.2) is 42.5 Å². The Morgan fingerprint density at radius 2 is 1.63 bits per heavy atom. The molecule has 0 aromatic heterocycles. The highest BCUT2D eigenvalue weighted by Crippen LogP contribution is 2.32. The van der Waals surface area contributed by atoms with Gasteiger partial charge in [-0.15, -0.1) is 0 Å². The van der Waals surface area contributed by atoms with Gasteiger partial charge in [0, 0.05) is 6.04 Å². The number of benzene rings is 2. The van der Waals surface area contributed by atoms with Gasteiger partial charge in [0.25, 0.3) is 5.91 Å². The number of carbonyl (C=O) groups is 4. The molecule has 0 aliphatic rings. The lowest BCUT2D eigenvalue weighted by atomic mass is 9.95. The first-order valence-corrected chi connectivity index (χ1v) is 15.2. The van der Waals surface area contributed by atoms with Crippen molar-refractivity contribution in [3.05, 3.63) is 64.2 Å². The van der Waals surface area contributed by atoms with E-state index in [-0.39, 0.29) is 0 Å². The molecule has 236 valence electrons. The molecule has 0 bridgehead atoms. The standard InChI is InChI=1S/C33H47ClN4O5/c1-9-23-15-17-24(18-16-23)29(30(40)37-28-21(4)11-10-12-25(28)34)38(22(5)14-13-20(2)3)31(41)26(19-27(35)39)36-32(42)43-33(6,7)8/h10-12,15-18,20,22,26,29H,9,13-14,19H2,1-8H3,(H2,35,39)(H,36,42)(H,37,40). The number of ether oxygens (including phenoxy) is 1. The molecule has 43 heavy (non-hydrogen) atoms. The predicted octanol–water partition coefficient (Wildman–Crippen LogP) is 6.31. The van der Waals surface area contributed by atoms with Crippen molar-refractivity contribution in [1.29, 1.82) is 0 Å². The third kappa shape index (κ3) is 10.9. The third-order valence-electron chi connectivity index (χ3n) is 6.99. The predicted molar refractivity (Wildman–Crippen MR) is 171 cm³/mol. The zero-order chi connectivity index (χ0) is 32.5. The second-order valence-electron chi connectivity index (χ2n) is 12.4. The number of alkyl carbamates (subject to hydrolysis) is 1. The van der Waals surface area contributed by atoms with Gasteiger partial charge >= 0.3 is 6.09 Å². The van der Waals surface area contributed by atoms with Crippen LogP contribution in [0.3, 0.4) is 0 Å². The summed E-state index contributed by atoms with van der Waals surface area (Å²) in [6.07, 6.45) is 0.794. The number of hydrogen-bond acceptors (Lipinski definition) is 5. The Labute approximate surface area is 260 Å². The van der Waals surface area contributed by atoms with Crippen LogP contribution in [-0.2, 0) is 25.5 Å². The molecular weight excluding hydrogens is 568 g/mol. The summed E-state index contributed by atoms with van der Waals surface area (Å²) in [5.41, 5.74) is 7.51. The second kappa shape index (κ2) is 15.8. The van der Waals surface area contributed by atoms with Crippen molar-refractivity contribution in [1.82, 2.24) is 10.2 Å². The van der Waals surface area contributed by atoms with Gasteiger partial charge in [0.05, 0.1) is 17.1 Å². The molecule has 0 radical (unpaired) electrons. The maximum atomic E-state index is 14.4. The van der Waals surface area contributed by atoms with Crippen LogP contribution >= 0.6 is 11.6 Å². The van der Waals surface area contributed by atoms with Crippen molar-refractivity contribution in [2.24, 2.45) is 11.7 Å². The van der Waals surface area contributed by atoms with E-state index in [2.05, 4.69) is 24.5 Å². The number of anilines is 1. The maximum Gasteiger partial charge on any atom is 0.408 e. The van der Waals surface area contributed by atoms with E-state index in [1.165, 1.54) is 4.90 Å². The highest BCUT2D eigenvalue weighted by Gasteiger charge is 2.39. The molecule has 0 spiro atoms. The molecule has 10 heteroatoms. The molecule has 3 unspecified atom stereocenters. The minimum atomic E-state index is -1.36. The molecule has 3 atom stereocenters. The fraction of sp³-hybridized carbons (Fsp3) is 0.515. The van der Waals surface area contributed by atoms with Gasteiger partial charge in [-0.3, -0.25) is 14.4 Å². The average Bonchev–Trinajstić information content (AvgIpc) is 2.90. The van der Waals surface area contributed by atoms with Gasteiger partial charge in [-0.25, -0.2) is 4.79 Å². The van der Waals surface area contributed by atoms with Crippen LogP contribution in [0.5, 0.6) is 0 Å². The number of halogens is 1. The van der Waals surface area contributed by atoms with Gasteiger partial charge in [0.2, 0.25) is 11.8 Å². The van der Waals surface area contributed by atoms with Crippen molar-refractivity contribution in [3.8, 4) is 0 Å². The minimum absolute atomic E-state index is 0.336. The Bertz CT molecular complexity index is 1250. The Balaban J connectivity index is 2.69. The van der Waals surface area contributed by atoms with Crippen LogP contribution in [0.4, 0.5) is 10.5 Å². The van der Waals surface area contributed by atoms with Crippen LogP contribution in [0, 0.1) is 12.8 Å². The topological polar surface area (TPSA) is 131 Å². The molecule has 2 rings (SSSR count). The van der Waals surface area contributed by atoms with Crippen LogP contribution in [0.25, 0.3) is 0 Å². The van der Waals surface area contributed by atoms with Crippen molar-refractivity contribution in [3.63, 3.8) is 0 Å². The molecule has 0 aliphatic heterocycles. The zero-order valence-corrected chi connectivity index (χ0v) is 27.4. The summed E-state index contributed by atoms with van der Waals surface area (Å²) in [5.74, 6) is -1.57. The first kappa shape index (κ1) is 35.6. The number of primary amides is 1. The number of nitrogens with zero attached hydrogens (tertiary/aromatic N) is 1. The SMILES string of the molecule is CCc1ccc(C(C(=O)Nc2c(C)cccc2Cl)N(C(=O)C(CC(N)=O)NC(=O)OC(C)(C)C)C(C)CCC(C)C)cc1. The average molecular weight is 615 g/mol. The van der Waals surface area contributed by atoms with Crippen molar-refractivity contribution >= 4 is 41.1 Å². The lowest BCUT2D eigenvalue weighted by molar-refractivity contribution is -0.144. The van der Waals surface area contributed by atoms with E-state index < -0.39 is 54.0 Å². The normalized spacial score (nSPS) is 13.5. The molecule has 9 nitrogen and oxygen atoms in total. The summed E-state index contributed by atoms with van der Waals surface area (Å²) in [4.78, 5) is 55.0. The molecule has 2 aromatic carbocycles. The van der Waals surface area contributed by atoms with E-state index in [9.17, 15) is 19.2 Å². The van der Waals surface area contributed by atoms with E-state index in [1.807, 2.05) is 51.1 Å². The van der Waals surface area contributed by atoms with Gasteiger partial charge in [-0.2, -0.15) is 0 Å². The molecule has 0 heterocycles. The Morgan fingerprint density at radius 3 is 2.14 bits per heavy atom. The number of rotatable bonds is 13. The summed E-state index contributed by atoms with van der Waals surface area (Å²) >= 11 is 6.46. The summed E-state index contributed by atoms with van der Waals surface area (Å²) in [6.45, 7) is 14.9. The fourth-order valence-electron chi connectivity index (χ4n) is 4.70.